The number of hydrogen-bond acceptors (Lipinski definition) is 10. The molecule has 1 heterocycles. The molecule has 0 aromatic carbocycles. The van der Waals surface area contributed by atoms with Gasteiger partial charge in [0.2, 0.25) is 17.7 Å². The molecule has 4 N–H and O–H groups in total. The number of hydrogen-bond donors (Lipinski definition) is 3. The summed E-state index contributed by atoms with van der Waals surface area (Å²) in [6, 6.07) is 0. The van der Waals surface area contributed by atoms with E-state index in [1.165, 1.54) is 53.5 Å². The molecule has 0 unspecified atom stereocenters. The highest BCUT2D eigenvalue weighted by molar-refractivity contribution is 6.23. The lowest BCUT2D eigenvalue weighted by Crippen LogP contribution is -2.50. The average Bonchev–Trinajstić information content (AvgIpc) is 2.90. The number of nitrogens with zero attached hydrogens (tertiary/aromatic N) is 1. The smallest absolute Gasteiger partial charge is 0.405 e. The van der Waals surface area contributed by atoms with Gasteiger partial charge in [0.25, 0.3) is 11.8 Å². The van der Waals surface area contributed by atoms with Crippen LogP contribution in [0.25, 0.3) is 0 Å². The Morgan fingerprint density at radius 3 is 2.40 bits per heavy atom. The fourth-order valence-electron chi connectivity index (χ4n) is 4.41. The summed E-state index contributed by atoms with van der Waals surface area (Å²) in [7, 11) is 5.36. The summed E-state index contributed by atoms with van der Waals surface area (Å²) in [6.45, 7) is 3.07. The van der Waals surface area contributed by atoms with E-state index < -0.39 is 53.9 Å². The first kappa shape index (κ1) is 32.4. The van der Waals surface area contributed by atoms with Crippen LogP contribution in [0, 0.1) is 5.92 Å². The topological polar surface area (TPSA) is 184 Å². The van der Waals surface area contributed by atoms with Crippen molar-refractivity contribution in [3.05, 3.63) is 46.9 Å². The van der Waals surface area contributed by atoms with Gasteiger partial charge in [0, 0.05) is 45.0 Å². The van der Waals surface area contributed by atoms with Crippen LogP contribution in [0.5, 0.6) is 0 Å². The number of rotatable bonds is 4. The second kappa shape index (κ2) is 14.5. The molecule has 5 atom stereocenters. The lowest BCUT2D eigenvalue weighted by molar-refractivity contribution is -0.147. The number of Topliss-reactive ketones (excluding diaryl/α,β-unsaturated/α-hetero) is 1. The van der Waals surface area contributed by atoms with Gasteiger partial charge < -0.3 is 40.0 Å². The van der Waals surface area contributed by atoms with Gasteiger partial charge in [-0.15, -0.1) is 0 Å². The summed E-state index contributed by atoms with van der Waals surface area (Å²) in [4.78, 5) is 64.7. The number of aliphatic hydroxyl groups is 1. The molecule has 0 saturated heterocycles. The highest BCUT2D eigenvalue weighted by Gasteiger charge is 2.36. The summed E-state index contributed by atoms with van der Waals surface area (Å²) < 4.78 is 21.1. The van der Waals surface area contributed by atoms with Gasteiger partial charge in [-0.1, -0.05) is 25.2 Å². The number of allylic oxidation sites excluding steroid dienone is 4. The fraction of sp³-hybridized carbons (Fsp3) is 0.519. The number of nitrogens with two attached hydrogens (primary N) is 1. The first-order chi connectivity index (χ1) is 18.8. The normalized spacial score (nSPS) is 29.8. The number of fused-ring (bicyclic) bond motifs is 2. The van der Waals surface area contributed by atoms with E-state index in [0.29, 0.717) is 0 Å². The summed E-state index contributed by atoms with van der Waals surface area (Å²) in [5.41, 5.74) is 5.23. The van der Waals surface area contributed by atoms with E-state index in [9.17, 15) is 29.1 Å². The second-order valence-electron chi connectivity index (χ2n) is 9.61. The molecule has 0 spiro atoms. The third-order valence-electron chi connectivity index (χ3n) is 6.56. The Balaban J connectivity index is 2.55. The van der Waals surface area contributed by atoms with Crippen molar-refractivity contribution in [1.29, 1.82) is 0 Å². The summed E-state index contributed by atoms with van der Waals surface area (Å²) in [5.74, 6) is -2.91. The Labute approximate surface area is 232 Å². The average molecular weight is 564 g/mol. The molecule has 0 saturated carbocycles. The van der Waals surface area contributed by atoms with Crippen LogP contribution in [0.1, 0.15) is 26.7 Å². The number of ketones is 2. The van der Waals surface area contributed by atoms with E-state index in [0.717, 1.165) is 11.0 Å². The molecule has 1 aliphatic carbocycles. The first-order valence-corrected chi connectivity index (χ1v) is 12.5. The van der Waals surface area contributed by atoms with Crippen LogP contribution in [-0.2, 0) is 38.1 Å². The number of primary amides is 1. The van der Waals surface area contributed by atoms with Crippen molar-refractivity contribution in [3.8, 4) is 0 Å². The van der Waals surface area contributed by atoms with Crippen LogP contribution in [0.4, 0.5) is 4.79 Å². The standard InChI is InChI=1S/C27H37N3O10/c1-14-10-16-22(33)17(12-18(31)23(16)39-6)29-25(34)15(2)8-7-9-20(37-4)24(40-27(28)36)26(35)30(3)13-19(32)21(11-14)38-5/h7-9,12,14,19-21,24,32H,10-11,13H2,1-6H3,(H2,28,36)(H,29,34)/b9-7-,15-8+/t14-,19+,20-,21-,24+/m0/s1. The minimum atomic E-state index is -1.49. The Bertz CT molecular complexity index is 1140. The quantitative estimate of drug-likeness (QED) is 0.402. The number of methoxy groups -OCH3 is 3. The summed E-state index contributed by atoms with van der Waals surface area (Å²) in [5, 5.41) is 13.4. The van der Waals surface area contributed by atoms with E-state index in [1.54, 1.807) is 6.92 Å². The van der Waals surface area contributed by atoms with Gasteiger partial charge in [-0.3, -0.25) is 19.2 Å². The minimum Gasteiger partial charge on any atom is -0.492 e. The molecule has 0 aromatic heterocycles. The number of nitrogens with one attached hydrogen (secondary N) is 1. The third kappa shape index (κ3) is 8.10. The van der Waals surface area contributed by atoms with E-state index >= 15 is 0 Å². The minimum absolute atomic E-state index is 0.0864. The van der Waals surface area contributed by atoms with Gasteiger partial charge in [0.1, 0.15) is 6.10 Å². The Morgan fingerprint density at radius 2 is 1.82 bits per heavy atom. The van der Waals surface area contributed by atoms with Crippen LogP contribution in [0.2, 0.25) is 0 Å². The lowest BCUT2D eigenvalue weighted by Gasteiger charge is -2.31. The second-order valence-corrected chi connectivity index (χ2v) is 9.61. The van der Waals surface area contributed by atoms with E-state index in [-0.39, 0.29) is 47.9 Å². The number of aliphatic hydroxyl groups excluding tert-OH is 1. The molecule has 2 aliphatic rings. The molecule has 2 rings (SSSR count). The SMILES string of the molecule is COC1=C2C[C@H](C)C[C@H](OC)[C@H](O)CN(C)C(=O)[C@H](OC(N)=O)[C@@H](OC)/C=C\C=C(/C)C(=O)NC(=CC1=O)C2=O. The first-order valence-electron chi connectivity index (χ1n) is 12.5. The van der Waals surface area contributed by atoms with E-state index in [4.69, 9.17) is 24.7 Å². The van der Waals surface area contributed by atoms with Crippen LogP contribution in [-0.4, -0.2) is 98.8 Å². The number of amides is 3. The molecular weight excluding hydrogens is 526 g/mol. The summed E-state index contributed by atoms with van der Waals surface area (Å²) >= 11 is 0. The van der Waals surface area contributed by atoms with Gasteiger partial charge in [0.15, 0.2) is 5.76 Å². The molecule has 13 heteroatoms. The van der Waals surface area contributed by atoms with Gasteiger partial charge in [-0.05, 0) is 25.7 Å². The predicted octanol–water partition coefficient (Wildman–Crippen LogP) is 0.284. The zero-order valence-electron chi connectivity index (χ0n) is 23.5. The number of β-amino-alcohol motifs (C(OH)–C–C–N with tert-alkyl or cyclic N) is 1. The molecule has 2 bridgehead atoms. The van der Waals surface area contributed by atoms with Crippen molar-refractivity contribution in [2.24, 2.45) is 11.7 Å². The van der Waals surface area contributed by atoms with Crippen molar-refractivity contribution in [3.63, 3.8) is 0 Å². The molecule has 0 fully saturated rings. The Hall–Kier alpha value is -3.81. The zero-order chi connectivity index (χ0) is 30.1. The molecule has 0 aromatic rings. The highest BCUT2D eigenvalue weighted by atomic mass is 16.6. The van der Waals surface area contributed by atoms with Crippen LogP contribution in [0.15, 0.2) is 46.9 Å². The monoisotopic (exact) mass is 563 g/mol. The highest BCUT2D eigenvalue weighted by Crippen LogP contribution is 2.28. The maximum Gasteiger partial charge on any atom is 0.405 e. The Kier molecular flexibility index (Phi) is 11.8. The van der Waals surface area contributed by atoms with Crippen molar-refractivity contribution in [1.82, 2.24) is 10.2 Å². The van der Waals surface area contributed by atoms with Crippen LogP contribution in [0.3, 0.4) is 0 Å². The Morgan fingerprint density at radius 1 is 1.15 bits per heavy atom. The van der Waals surface area contributed by atoms with Crippen molar-refractivity contribution >= 4 is 29.5 Å². The summed E-state index contributed by atoms with van der Waals surface area (Å²) in [6.07, 6.45) is -0.265. The number of ether oxygens (including phenoxy) is 4. The predicted molar refractivity (Wildman–Crippen MR) is 141 cm³/mol. The number of carbonyl (C=O) groups excluding carboxylic acids is 5. The molecular formula is C27H37N3O10. The number of likely N-dealkylation sites (N-methyl/N-ethyl adjacent to an activating group) is 1. The van der Waals surface area contributed by atoms with Crippen molar-refractivity contribution in [2.75, 3.05) is 34.9 Å². The fourth-order valence-corrected chi connectivity index (χ4v) is 4.41. The zero-order valence-corrected chi connectivity index (χ0v) is 23.5. The van der Waals surface area contributed by atoms with Gasteiger partial charge in [-0.2, -0.15) is 0 Å². The van der Waals surface area contributed by atoms with Gasteiger partial charge in [-0.25, -0.2) is 4.79 Å². The molecule has 40 heavy (non-hydrogen) atoms. The van der Waals surface area contributed by atoms with Crippen molar-refractivity contribution < 1.29 is 48.0 Å². The lowest BCUT2D eigenvalue weighted by atomic mass is 9.87. The maximum absolute atomic E-state index is 13.3. The molecule has 3 amide bonds. The van der Waals surface area contributed by atoms with Gasteiger partial charge >= 0.3 is 6.09 Å². The third-order valence-corrected chi connectivity index (χ3v) is 6.56. The number of carbonyl (C=O) groups is 5. The molecule has 13 nitrogen and oxygen atoms in total. The van der Waals surface area contributed by atoms with Gasteiger partial charge in [0.05, 0.1) is 25.0 Å². The molecule has 220 valence electrons. The van der Waals surface area contributed by atoms with Crippen molar-refractivity contribution in [2.45, 2.75) is 51.1 Å². The van der Waals surface area contributed by atoms with Crippen LogP contribution < -0.4 is 11.1 Å². The molecule has 0 radical (unpaired) electrons. The van der Waals surface area contributed by atoms with E-state index in [1.807, 2.05) is 0 Å². The largest absolute Gasteiger partial charge is 0.492 e. The molecule has 1 aliphatic heterocycles. The maximum atomic E-state index is 13.3. The van der Waals surface area contributed by atoms with E-state index in [2.05, 4.69) is 5.32 Å². The van der Waals surface area contributed by atoms with Crippen LogP contribution >= 0.6 is 0 Å².